The van der Waals surface area contributed by atoms with Crippen molar-refractivity contribution in [3.05, 3.63) is 16.6 Å². The van der Waals surface area contributed by atoms with E-state index in [4.69, 9.17) is 20.9 Å². The summed E-state index contributed by atoms with van der Waals surface area (Å²) in [6.45, 7) is 3.83. The van der Waals surface area contributed by atoms with E-state index in [1.807, 2.05) is 30.6 Å². The van der Waals surface area contributed by atoms with E-state index in [1.54, 1.807) is 14.2 Å². The molecule has 1 aromatic carbocycles. The lowest BCUT2D eigenvalue weighted by Crippen LogP contribution is -3.00. The molecular formula is C13H19BrClN5O2. The molecule has 0 aliphatic carbocycles. The van der Waals surface area contributed by atoms with Gasteiger partial charge in [0.25, 0.3) is 5.96 Å². The van der Waals surface area contributed by atoms with Gasteiger partial charge in [-0.1, -0.05) is 0 Å². The van der Waals surface area contributed by atoms with Crippen LogP contribution in [-0.2, 0) is 0 Å². The van der Waals surface area contributed by atoms with Crippen LogP contribution in [0.5, 0.6) is 11.5 Å². The second-order valence-electron chi connectivity index (χ2n) is 5.00. The van der Waals surface area contributed by atoms with E-state index >= 15 is 0 Å². The maximum Gasteiger partial charge on any atom is 0.357 e. The van der Waals surface area contributed by atoms with Crippen LogP contribution in [0.3, 0.4) is 0 Å². The van der Waals surface area contributed by atoms with Crippen LogP contribution in [0.1, 0.15) is 13.8 Å². The number of rotatable bonds is 3. The van der Waals surface area contributed by atoms with Gasteiger partial charge in [-0.15, -0.1) is 0 Å². The number of hydrogen-bond donors (Lipinski definition) is 3. The fraction of sp³-hybridized carbons (Fsp3) is 0.385. The molecule has 9 heteroatoms. The minimum absolute atomic E-state index is 0. The summed E-state index contributed by atoms with van der Waals surface area (Å²) < 4.78 is 13.3. The van der Waals surface area contributed by atoms with Gasteiger partial charge in [0.05, 0.1) is 18.7 Å². The van der Waals surface area contributed by atoms with Gasteiger partial charge < -0.3 is 27.6 Å². The number of methoxy groups -OCH3 is 2. The summed E-state index contributed by atoms with van der Waals surface area (Å²) in [5, 5.41) is 2.83. The Balaban J connectivity index is 0.00000242. The summed E-state index contributed by atoms with van der Waals surface area (Å²) >= 11 is 3.47. The van der Waals surface area contributed by atoms with Gasteiger partial charge in [0, 0.05) is 6.07 Å². The summed E-state index contributed by atoms with van der Waals surface area (Å²) in [6.07, 6.45) is 0. The fourth-order valence-corrected chi connectivity index (χ4v) is 2.93. The zero-order chi connectivity index (χ0) is 15.8. The van der Waals surface area contributed by atoms with Gasteiger partial charge in [0.15, 0.2) is 17.2 Å². The maximum atomic E-state index is 6.07. The van der Waals surface area contributed by atoms with Crippen molar-refractivity contribution < 1.29 is 26.5 Å². The Morgan fingerprint density at radius 3 is 2.36 bits per heavy atom. The van der Waals surface area contributed by atoms with Crippen LogP contribution in [0.2, 0.25) is 0 Å². The zero-order valence-electron chi connectivity index (χ0n) is 12.8. The highest BCUT2D eigenvalue weighted by Crippen LogP contribution is 2.40. The molecule has 5 N–H and O–H groups in total. The first-order chi connectivity index (χ1) is 9.80. The molecule has 0 atom stereocenters. The minimum atomic E-state index is -0.627. The van der Waals surface area contributed by atoms with E-state index in [0.29, 0.717) is 17.5 Å². The summed E-state index contributed by atoms with van der Waals surface area (Å²) in [5.74, 6) is 1.89. The molecule has 0 saturated heterocycles. The standard InChI is InChI=1S/C13H18BrN5O2.ClH/c1-13(2)18-11(15)17-12(16)19(13)7-5-8(14)10(21-4)9(6-7)20-3;/h5-6H,1-4H3,(H4,15,16,17,18);1H. The fourth-order valence-electron chi connectivity index (χ4n) is 2.34. The van der Waals surface area contributed by atoms with Crippen molar-refractivity contribution in [3.63, 3.8) is 0 Å². The monoisotopic (exact) mass is 391 g/mol. The molecule has 0 amide bonds. The second kappa shape index (κ2) is 6.62. The third-order valence-corrected chi connectivity index (χ3v) is 3.70. The average Bonchev–Trinajstić information content (AvgIpc) is 2.35. The Bertz CT molecular complexity index is 646. The Morgan fingerprint density at radius 2 is 1.86 bits per heavy atom. The summed E-state index contributed by atoms with van der Waals surface area (Å²) in [7, 11) is 3.16. The molecule has 0 radical (unpaired) electrons. The predicted octanol–water partition coefficient (Wildman–Crippen LogP) is -1.92. The molecule has 0 aromatic heterocycles. The molecule has 0 fully saturated rings. The van der Waals surface area contributed by atoms with E-state index in [-0.39, 0.29) is 18.4 Å². The number of guanidine groups is 2. The normalized spacial score (nSPS) is 16.3. The van der Waals surface area contributed by atoms with Crippen molar-refractivity contribution in [2.24, 2.45) is 16.5 Å². The third-order valence-electron chi connectivity index (χ3n) is 3.11. The molecule has 1 heterocycles. The highest BCUT2D eigenvalue weighted by molar-refractivity contribution is 9.10. The van der Waals surface area contributed by atoms with Crippen LogP contribution >= 0.6 is 15.9 Å². The molecule has 0 spiro atoms. The number of aliphatic imine (C=N–C) groups is 1. The largest absolute Gasteiger partial charge is 1.00 e. The Morgan fingerprint density at radius 1 is 1.23 bits per heavy atom. The van der Waals surface area contributed by atoms with Gasteiger partial charge in [-0.3, -0.25) is 5.73 Å². The van der Waals surface area contributed by atoms with Crippen LogP contribution in [-0.4, -0.2) is 36.4 Å². The number of hydrogen-bond acceptors (Lipinski definition) is 6. The van der Waals surface area contributed by atoms with Crippen LogP contribution in [0.4, 0.5) is 5.69 Å². The molecule has 122 valence electrons. The average molecular weight is 393 g/mol. The number of nitrogens with zero attached hydrogens (tertiary/aromatic N) is 2. The van der Waals surface area contributed by atoms with E-state index in [0.717, 1.165) is 10.2 Å². The van der Waals surface area contributed by atoms with Gasteiger partial charge in [-0.2, -0.15) is 4.99 Å². The maximum absolute atomic E-state index is 6.07. The quantitative estimate of drug-likeness (QED) is 0.521. The first-order valence-electron chi connectivity index (χ1n) is 6.26. The van der Waals surface area contributed by atoms with E-state index in [9.17, 15) is 0 Å². The molecular weight excluding hydrogens is 374 g/mol. The molecule has 1 aromatic rings. The molecule has 1 aliphatic rings. The number of ether oxygens (including phenoxy) is 2. The number of nitrogens with two attached hydrogens (primary N) is 2. The second-order valence-corrected chi connectivity index (χ2v) is 5.85. The molecule has 0 unspecified atom stereocenters. The van der Waals surface area contributed by atoms with Crippen molar-refractivity contribution in [1.29, 1.82) is 0 Å². The molecule has 22 heavy (non-hydrogen) atoms. The van der Waals surface area contributed by atoms with Crippen LogP contribution in [0, 0.1) is 0 Å². The van der Waals surface area contributed by atoms with Crippen LogP contribution in [0.15, 0.2) is 21.6 Å². The summed E-state index contributed by atoms with van der Waals surface area (Å²) in [5.41, 5.74) is 12.0. The Labute approximate surface area is 143 Å². The zero-order valence-corrected chi connectivity index (χ0v) is 15.1. The Hall–Kier alpha value is -1.67. The van der Waals surface area contributed by atoms with Crippen molar-refractivity contribution in [1.82, 2.24) is 5.32 Å². The van der Waals surface area contributed by atoms with Crippen molar-refractivity contribution in [3.8, 4) is 11.5 Å². The van der Waals surface area contributed by atoms with Gasteiger partial charge in [0.1, 0.15) is 5.69 Å². The number of halogens is 2. The smallest absolute Gasteiger partial charge is 0.357 e. The van der Waals surface area contributed by atoms with E-state index in [2.05, 4.69) is 26.2 Å². The van der Waals surface area contributed by atoms with Gasteiger partial charge in [0.2, 0.25) is 0 Å². The molecule has 7 nitrogen and oxygen atoms in total. The molecule has 0 bridgehead atoms. The lowest BCUT2D eigenvalue weighted by atomic mass is 10.1. The van der Waals surface area contributed by atoms with E-state index in [1.165, 1.54) is 0 Å². The highest BCUT2D eigenvalue weighted by Gasteiger charge is 2.35. The molecule has 0 saturated carbocycles. The number of nitrogens with one attached hydrogen (secondary N) is 1. The van der Waals surface area contributed by atoms with Crippen molar-refractivity contribution in [2.45, 2.75) is 19.5 Å². The molecule has 2 rings (SSSR count). The van der Waals surface area contributed by atoms with Gasteiger partial charge in [-0.05, 0) is 35.8 Å². The first kappa shape index (κ1) is 18.4. The summed E-state index contributed by atoms with van der Waals surface area (Å²) in [4.78, 5) is 4.37. The third kappa shape index (κ3) is 3.22. The van der Waals surface area contributed by atoms with Crippen LogP contribution in [0.25, 0.3) is 0 Å². The van der Waals surface area contributed by atoms with Crippen molar-refractivity contribution in [2.75, 3.05) is 14.2 Å². The topological polar surface area (TPSA) is 97.9 Å². The minimum Gasteiger partial charge on any atom is -1.00 e. The van der Waals surface area contributed by atoms with Crippen molar-refractivity contribution >= 4 is 33.5 Å². The highest BCUT2D eigenvalue weighted by atomic mass is 79.9. The van der Waals surface area contributed by atoms with Gasteiger partial charge >= 0.3 is 5.96 Å². The SMILES string of the molecule is COc1cc([N+]2=C(N)NC(N)=NC2(C)C)cc(Br)c1OC.[Cl-]. The lowest BCUT2D eigenvalue weighted by molar-refractivity contribution is -0.527. The first-order valence-corrected chi connectivity index (χ1v) is 7.06. The lowest BCUT2D eigenvalue weighted by Gasteiger charge is -2.28. The van der Waals surface area contributed by atoms with Gasteiger partial charge in [-0.25, -0.2) is 9.89 Å². The number of benzene rings is 1. The van der Waals surface area contributed by atoms with Crippen LogP contribution < -0.4 is 38.7 Å². The summed E-state index contributed by atoms with van der Waals surface area (Å²) in [6, 6.07) is 3.71. The Kier molecular flexibility index (Phi) is 5.53. The van der Waals surface area contributed by atoms with E-state index < -0.39 is 5.66 Å². The molecule has 1 aliphatic heterocycles. The predicted molar refractivity (Wildman–Crippen MR) is 85.2 cm³/mol.